The van der Waals surface area contributed by atoms with E-state index in [2.05, 4.69) is 44.7 Å². The average molecular weight is 300 g/mol. The van der Waals surface area contributed by atoms with E-state index in [9.17, 15) is 4.79 Å². The van der Waals surface area contributed by atoms with E-state index in [0.717, 1.165) is 5.57 Å². The van der Waals surface area contributed by atoms with E-state index in [1.54, 1.807) is 0 Å². The van der Waals surface area contributed by atoms with Crippen molar-refractivity contribution in [1.29, 1.82) is 0 Å². The van der Waals surface area contributed by atoms with Crippen molar-refractivity contribution >= 4 is 14.3 Å². The highest BCUT2D eigenvalue weighted by Gasteiger charge is 2.38. The third-order valence-electron chi connectivity index (χ3n) is 4.17. The molecule has 1 heterocycles. The molecule has 1 rings (SSSR count). The Balaban J connectivity index is 2.61. The number of hydroxylamine groups is 1. The van der Waals surface area contributed by atoms with E-state index >= 15 is 0 Å². The van der Waals surface area contributed by atoms with Crippen molar-refractivity contribution in [3.63, 3.8) is 0 Å². The summed E-state index contributed by atoms with van der Waals surface area (Å²) in [6.45, 7) is 13.6. The van der Waals surface area contributed by atoms with Crippen LogP contribution in [0.2, 0.25) is 18.1 Å². The monoisotopic (exact) mass is 300 g/mol. The highest BCUT2D eigenvalue weighted by Crippen LogP contribution is 2.35. The fourth-order valence-corrected chi connectivity index (χ4v) is 2.47. The molecule has 2 atom stereocenters. The van der Waals surface area contributed by atoms with Crippen molar-refractivity contribution in [2.75, 3.05) is 13.7 Å². The molecule has 2 N–H and O–H groups in total. The first-order valence-electron chi connectivity index (χ1n) is 7.01. The van der Waals surface area contributed by atoms with Gasteiger partial charge in [0.05, 0.1) is 13.2 Å². The third-order valence-corrected chi connectivity index (χ3v) is 8.41. The van der Waals surface area contributed by atoms with Crippen LogP contribution >= 0.6 is 0 Å². The van der Waals surface area contributed by atoms with Crippen LogP contribution in [0.1, 0.15) is 27.7 Å². The molecule has 5 nitrogen and oxygen atoms in total. The van der Waals surface area contributed by atoms with Gasteiger partial charge in [0.1, 0.15) is 6.04 Å². The molecule has 0 amide bonds. The molecule has 1 aliphatic rings. The number of methoxy groups -OCH3 is 1. The number of carbonyl (C=O) groups is 1. The zero-order chi connectivity index (χ0) is 15.6. The number of ether oxygens (including phenoxy) is 1. The van der Waals surface area contributed by atoms with E-state index in [0.29, 0.717) is 6.54 Å². The van der Waals surface area contributed by atoms with Crippen molar-refractivity contribution < 1.29 is 14.1 Å². The van der Waals surface area contributed by atoms with Gasteiger partial charge in [-0.1, -0.05) is 26.8 Å². The van der Waals surface area contributed by atoms with Gasteiger partial charge in [0.25, 0.3) is 0 Å². The number of rotatable bonds is 4. The quantitative estimate of drug-likeness (QED) is 0.360. The standard InChI is InChI=1S/C14H28N2O3Si/c1-10-8-11(9-15-12(10)13(17)18-5)16-19-20(6,7)14(2,3)4/h8,11-12,15-16H,9H2,1-7H3/t11-,12-/m1/s1. The van der Waals surface area contributed by atoms with Gasteiger partial charge >= 0.3 is 5.97 Å². The zero-order valence-corrected chi connectivity index (χ0v) is 14.7. The fraction of sp³-hybridized carbons (Fsp3) is 0.786. The Bertz CT molecular complexity index is 388. The number of esters is 1. The number of carbonyl (C=O) groups excluding carboxylic acids is 1. The van der Waals surface area contributed by atoms with Crippen LogP contribution in [0, 0.1) is 0 Å². The van der Waals surface area contributed by atoms with Crippen LogP contribution in [0.25, 0.3) is 0 Å². The maximum absolute atomic E-state index is 11.6. The predicted molar refractivity (Wildman–Crippen MR) is 82.8 cm³/mol. The third kappa shape index (κ3) is 4.15. The number of hydrogen-bond acceptors (Lipinski definition) is 5. The van der Waals surface area contributed by atoms with Crippen molar-refractivity contribution in [2.45, 2.75) is 57.9 Å². The molecule has 0 aromatic carbocycles. The summed E-state index contributed by atoms with van der Waals surface area (Å²) in [5, 5.41) is 3.34. The second-order valence-corrected chi connectivity index (χ2v) is 11.6. The fourth-order valence-electron chi connectivity index (χ4n) is 1.72. The van der Waals surface area contributed by atoms with Crippen molar-refractivity contribution in [3.05, 3.63) is 11.6 Å². The Kier molecular flexibility index (Phi) is 5.54. The van der Waals surface area contributed by atoms with Gasteiger partial charge in [0.2, 0.25) is 8.32 Å². The Hall–Kier alpha value is -0.693. The SMILES string of the molecule is COC(=O)[C@@H]1NC[C@H](NO[Si](C)(C)C(C)(C)C)C=C1C. The molecule has 0 spiro atoms. The molecular weight excluding hydrogens is 272 g/mol. The van der Waals surface area contributed by atoms with Gasteiger partial charge in [-0.05, 0) is 30.6 Å². The van der Waals surface area contributed by atoms with Crippen molar-refractivity contribution in [2.24, 2.45) is 0 Å². The van der Waals surface area contributed by atoms with Crippen LogP contribution in [0.15, 0.2) is 11.6 Å². The molecule has 0 saturated heterocycles. The molecule has 0 aromatic heterocycles. The van der Waals surface area contributed by atoms with Gasteiger partial charge in [-0.15, -0.1) is 0 Å². The van der Waals surface area contributed by atoms with Gasteiger partial charge in [0.15, 0.2) is 0 Å². The molecule has 0 unspecified atom stereocenters. The second-order valence-electron chi connectivity index (χ2n) is 6.86. The average Bonchev–Trinajstić information content (AvgIpc) is 2.34. The summed E-state index contributed by atoms with van der Waals surface area (Å²) in [7, 11) is -0.411. The minimum absolute atomic E-state index is 0.0741. The van der Waals surface area contributed by atoms with E-state index in [1.165, 1.54) is 7.11 Å². The van der Waals surface area contributed by atoms with Gasteiger partial charge in [-0.2, -0.15) is 0 Å². The molecule has 0 saturated carbocycles. The van der Waals surface area contributed by atoms with Crippen LogP contribution in [0.5, 0.6) is 0 Å². The summed E-state index contributed by atoms with van der Waals surface area (Å²) >= 11 is 0. The molecule has 0 radical (unpaired) electrons. The van der Waals surface area contributed by atoms with Crippen LogP contribution in [0.3, 0.4) is 0 Å². The minimum atomic E-state index is -1.82. The second kappa shape index (κ2) is 6.38. The first kappa shape index (κ1) is 17.4. The molecule has 0 aromatic rings. The van der Waals surface area contributed by atoms with E-state index < -0.39 is 8.32 Å². The highest BCUT2D eigenvalue weighted by molar-refractivity contribution is 6.74. The molecular formula is C14H28N2O3Si. The normalized spacial score (nSPS) is 24.2. The smallest absolute Gasteiger partial charge is 0.327 e. The van der Waals surface area contributed by atoms with E-state index in [-0.39, 0.29) is 23.1 Å². The summed E-state index contributed by atoms with van der Waals surface area (Å²) in [4.78, 5) is 11.6. The summed E-state index contributed by atoms with van der Waals surface area (Å²) in [6.07, 6.45) is 2.03. The molecule has 20 heavy (non-hydrogen) atoms. The molecule has 6 heteroatoms. The lowest BCUT2D eigenvalue weighted by Gasteiger charge is -2.37. The number of hydrogen-bond donors (Lipinski definition) is 2. The molecule has 0 fully saturated rings. The summed E-state index contributed by atoms with van der Waals surface area (Å²) in [5.41, 5.74) is 4.10. The lowest BCUT2D eigenvalue weighted by Crippen LogP contribution is -2.53. The van der Waals surface area contributed by atoms with Crippen LogP contribution in [-0.4, -0.2) is 40.0 Å². The number of nitrogens with one attached hydrogen (secondary N) is 2. The first-order valence-corrected chi connectivity index (χ1v) is 9.92. The Morgan fingerprint density at radius 3 is 2.50 bits per heavy atom. The lowest BCUT2D eigenvalue weighted by atomic mass is 10.0. The summed E-state index contributed by atoms with van der Waals surface area (Å²) in [5.74, 6) is -0.248. The van der Waals surface area contributed by atoms with E-state index in [4.69, 9.17) is 9.26 Å². The van der Waals surface area contributed by atoms with Crippen LogP contribution < -0.4 is 10.8 Å². The minimum Gasteiger partial charge on any atom is -0.468 e. The molecule has 0 bridgehead atoms. The van der Waals surface area contributed by atoms with Crippen LogP contribution in [0.4, 0.5) is 0 Å². The van der Waals surface area contributed by atoms with E-state index in [1.807, 2.05) is 13.0 Å². The lowest BCUT2D eigenvalue weighted by molar-refractivity contribution is -0.142. The largest absolute Gasteiger partial charge is 0.468 e. The van der Waals surface area contributed by atoms with Gasteiger partial charge < -0.3 is 9.26 Å². The van der Waals surface area contributed by atoms with Crippen LogP contribution in [-0.2, 0) is 14.1 Å². The van der Waals surface area contributed by atoms with Crippen molar-refractivity contribution in [1.82, 2.24) is 10.8 Å². The molecule has 1 aliphatic heterocycles. The van der Waals surface area contributed by atoms with Gasteiger partial charge in [0, 0.05) is 6.54 Å². The summed E-state index contributed by atoms with van der Waals surface area (Å²) < 4.78 is 10.8. The van der Waals surface area contributed by atoms with Crippen molar-refractivity contribution in [3.8, 4) is 0 Å². The molecule has 116 valence electrons. The zero-order valence-electron chi connectivity index (χ0n) is 13.7. The van der Waals surface area contributed by atoms with Gasteiger partial charge in [-0.25, -0.2) is 5.48 Å². The topological polar surface area (TPSA) is 59.6 Å². The maximum Gasteiger partial charge on any atom is 0.327 e. The Labute approximate surface area is 123 Å². The Morgan fingerprint density at radius 2 is 2.05 bits per heavy atom. The maximum atomic E-state index is 11.6. The predicted octanol–water partition coefficient (Wildman–Crippen LogP) is 1.97. The Morgan fingerprint density at radius 1 is 1.45 bits per heavy atom. The highest BCUT2D eigenvalue weighted by atomic mass is 28.4. The first-order chi connectivity index (χ1) is 9.08. The molecule has 0 aliphatic carbocycles. The van der Waals surface area contributed by atoms with Gasteiger partial charge in [-0.3, -0.25) is 10.1 Å². The summed E-state index contributed by atoms with van der Waals surface area (Å²) in [6, 6.07) is -0.268.